The molecule has 2 fully saturated rings. The molecule has 2 atom stereocenters. The molecule has 0 aromatic carbocycles. The summed E-state index contributed by atoms with van der Waals surface area (Å²) in [6, 6.07) is 3.90. The van der Waals surface area contributed by atoms with Gasteiger partial charge in [-0.1, -0.05) is 0 Å². The van der Waals surface area contributed by atoms with Gasteiger partial charge in [-0.15, -0.1) is 0 Å². The van der Waals surface area contributed by atoms with Crippen molar-refractivity contribution in [3.8, 4) is 5.82 Å². The zero-order valence-corrected chi connectivity index (χ0v) is 13.7. The molecular weight excluding hydrogens is 324 g/mol. The lowest BCUT2D eigenvalue weighted by Gasteiger charge is -2.22. The van der Waals surface area contributed by atoms with E-state index in [0.29, 0.717) is 11.8 Å². The molecule has 2 unspecified atom stereocenters. The lowest BCUT2D eigenvalue weighted by molar-refractivity contribution is 0.533. The van der Waals surface area contributed by atoms with Crippen LogP contribution in [0.25, 0.3) is 5.82 Å². The first kappa shape index (κ1) is 13.8. The van der Waals surface area contributed by atoms with Gasteiger partial charge in [-0.2, -0.15) is 13.8 Å². The van der Waals surface area contributed by atoms with Crippen LogP contribution in [-0.4, -0.2) is 54.7 Å². The SMILES string of the molecule is c1cnn(-c2cc(N3CC4CN(c5cnsn5)CC4C3)ncn2)c1. The van der Waals surface area contributed by atoms with Crippen LogP contribution in [0.1, 0.15) is 0 Å². The summed E-state index contributed by atoms with van der Waals surface area (Å²) in [7, 11) is 0. The van der Waals surface area contributed by atoms with E-state index in [1.54, 1.807) is 17.2 Å². The fourth-order valence-corrected chi connectivity index (χ4v) is 4.14. The van der Waals surface area contributed by atoms with Crippen molar-refractivity contribution < 1.29 is 0 Å². The first-order valence-corrected chi connectivity index (χ1v) is 8.69. The zero-order valence-electron chi connectivity index (χ0n) is 12.9. The molecule has 0 saturated carbocycles. The third kappa shape index (κ3) is 2.32. The predicted octanol–water partition coefficient (Wildman–Crippen LogP) is 1.09. The third-order valence-corrected chi connectivity index (χ3v) is 5.33. The first-order valence-electron chi connectivity index (χ1n) is 7.96. The summed E-state index contributed by atoms with van der Waals surface area (Å²) < 4.78 is 10.2. The minimum atomic E-state index is 0.648. The Kier molecular flexibility index (Phi) is 3.18. The van der Waals surface area contributed by atoms with Crippen molar-refractivity contribution in [2.24, 2.45) is 11.8 Å². The molecule has 2 saturated heterocycles. The highest BCUT2D eigenvalue weighted by Crippen LogP contribution is 2.35. The van der Waals surface area contributed by atoms with E-state index >= 15 is 0 Å². The lowest BCUT2D eigenvalue weighted by atomic mass is 10.0. The molecule has 3 aromatic heterocycles. The normalized spacial score (nSPS) is 23.0. The van der Waals surface area contributed by atoms with Gasteiger partial charge in [0.2, 0.25) is 0 Å². The molecule has 5 rings (SSSR count). The minimum Gasteiger partial charge on any atom is -0.356 e. The molecule has 0 amide bonds. The highest BCUT2D eigenvalue weighted by Gasteiger charge is 2.41. The number of fused-ring (bicyclic) bond motifs is 1. The number of nitrogens with zero attached hydrogens (tertiary/aromatic N) is 8. The van der Waals surface area contributed by atoms with Gasteiger partial charge in [0.1, 0.15) is 12.1 Å². The smallest absolute Gasteiger partial charge is 0.162 e. The minimum absolute atomic E-state index is 0.648. The maximum absolute atomic E-state index is 4.47. The summed E-state index contributed by atoms with van der Waals surface area (Å²) in [5.74, 6) is 4.10. The molecule has 0 aliphatic carbocycles. The molecule has 5 heterocycles. The fraction of sp³-hybridized carbons (Fsp3) is 0.400. The Bertz CT molecular complexity index is 804. The molecule has 0 radical (unpaired) electrons. The van der Waals surface area contributed by atoms with Crippen LogP contribution < -0.4 is 9.80 Å². The summed E-state index contributed by atoms with van der Waals surface area (Å²) in [6.45, 7) is 4.13. The summed E-state index contributed by atoms with van der Waals surface area (Å²) >= 11 is 1.27. The van der Waals surface area contributed by atoms with E-state index in [2.05, 4.69) is 33.6 Å². The molecule has 2 aliphatic heterocycles. The molecule has 2 aliphatic rings. The Morgan fingerprint density at radius 1 is 0.958 bits per heavy atom. The number of rotatable bonds is 3. The predicted molar refractivity (Wildman–Crippen MR) is 90.5 cm³/mol. The van der Waals surface area contributed by atoms with Gasteiger partial charge in [0.15, 0.2) is 11.6 Å². The van der Waals surface area contributed by atoms with Crippen molar-refractivity contribution in [1.29, 1.82) is 0 Å². The van der Waals surface area contributed by atoms with E-state index in [4.69, 9.17) is 0 Å². The zero-order chi connectivity index (χ0) is 15.9. The summed E-state index contributed by atoms with van der Waals surface area (Å²) in [6.07, 6.45) is 7.13. The monoisotopic (exact) mass is 340 g/mol. The van der Waals surface area contributed by atoms with Gasteiger partial charge >= 0.3 is 0 Å². The number of hydrogen-bond acceptors (Lipinski definition) is 8. The van der Waals surface area contributed by atoms with Crippen LogP contribution in [0.4, 0.5) is 11.6 Å². The van der Waals surface area contributed by atoms with Crippen molar-refractivity contribution in [2.75, 3.05) is 36.0 Å². The van der Waals surface area contributed by atoms with Crippen LogP contribution in [0.15, 0.2) is 37.1 Å². The average molecular weight is 340 g/mol. The number of anilines is 2. The van der Waals surface area contributed by atoms with E-state index in [1.165, 1.54) is 11.7 Å². The summed E-state index contributed by atoms with van der Waals surface area (Å²) in [5.41, 5.74) is 0. The van der Waals surface area contributed by atoms with Crippen molar-refractivity contribution in [3.63, 3.8) is 0 Å². The Morgan fingerprint density at radius 2 is 1.71 bits per heavy atom. The van der Waals surface area contributed by atoms with Crippen molar-refractivity contribution in [3.05, 3.63) is 37.1 Å². The Balaban J connectivity index is 1.32. The Morgan fingerprint density at radius 3 is 2.38 bits per heavy atom. The largest absolute Gasteiger partial charge is 0.356 e. The van der Waals surface area contributed by atoms with Crippen LogP contribution in [0.3, 0.4) is 0 Å². The molecule has 24 heavy (non-hydrogen) atoms. The van der Waals surface area contributed by atoms with Crippen LogP contribution in [-0.2, 0) is 0 Å². The highest BCUT2D eigenvalue weighted by atomic mass is 32.1. The lowest BCUT2D eigenvalue weighted by Crippen LogP contribution is -2.29. The van der Waals surface area contributed by atoms with Gasteiger partial charge in [-0.3, -0.25) is 0 Å². The van der Waals surface area contributed by atoms with Crippen LogP contribution in [0, 0.1) is 11.8 Å². The quantitative estimate of drug-likeness (QED) is 0.706. The summed E-state index contributed by atoms with van der Waals surface area (Å²) in [4.78, 5) is 13.5. The van der Waals surface area contributed by atoms with Gasteiger partial charge in [-0.25, -0.2) is 14.6 Å². The maximum Gasteiger partial charge on any atom is 0.162 e. The van der Waals surface area contributed by atoms with E-state index in [9.17, 15) is 0 Å². The molecule has 0 spiro atoms. The molecule has 8 nitrogen and oxygen atoms in total. The van der Waals surface area contributed by atoms with Gasteiger partial charge in [-0.05, 0) is 6.07 Å². The third-order valence-electron chi connectivity index (χ3n) is 4.86. The standard InChI is InChI=1S/C15H16N8S/c1-2-18-23(3-1)14-4-13(16-10-17-14)21-6-11-8-22(9-12(11)7-21)15-5-19-24-20-15/h1-5,10-12H,6-9H2. The molecule has 3 aromatic rings. The van der Waals surface area contributed by atoms with E-state index in [-0.39, 0.29) is 0 Å². The van der Waals surface area contributed by atoms with Crippen LogP contribution in [0.2, 0.25) is 0 Å². The number of hydrogen-bond donors (Lipinski definition) is 0. The Hall–Kier alpha value is -2.55. The second-order valence-electron chi connectivity index (χ2n) is 6.28. The van der Waals surface area contributed by atoms with Crippen molar-refractivity contribution in [2.45, 2.75) is 0 Å². The second kappa shape index (κ2) is 5.52. The van der Waals surface area contributed by atoms with Crippen LogP contribution >= 0.6 is 11.7 Å². The van der Waals surface area contributed by atoms with Gasteiger partial charge in [0, 0.05) is 56.5 Å². The highest BCUT2D eigenvalue weighted by molar-refractivity contribution is 6.99. The maximum atomic E-state index is 4.47. The molecule has 9 heteroatoms. The summed E-state index contributed by atoms with van der Waals surface area (Å²) in [5, 5.41) is 4.24. The van der Waals surface area contributed by atoms with Gasteiger partial charge in [0.05, 0.1) is 17.9 Å². The second-order valence-corrected chi connectivity index (χ2v) is 6.84. The topological polar surface area (TPSA) is 75.9 Å². The van der Waals surface area contributed by atoms with Gasteiger partial charge in [0.25, 0.3) is 0 Å². The van der Waals surface area contributed by atoms with E-state index < -0.39 is 0 Å². The Labute approximate surface area is 143 Å². The average Bonchev–Trinajstić information content (AvgIpc) is 3.37. The van der Waals surface area contributed by atoms with Crippen molar-refractivity contribution in [1.82, 2.24) is 28.5 Å². The molecule has 0 bridgehead atoms. The van der Waals surface area contributed by atoms with Gasteiger partial charge < -0.3 is 9.80 Å². The van der Waals surface area contributed by atoms with Crippen molar-refractivity contribution >= 4 is 23.4 Å². The molecule has 122 valence electrons. The molecular formula is C15H16N8S. The first-order chi connectivity index (χ1) is 11.9. The fourth-order valence-electron chi connectivity index (χ4n) is 3.71. The molecule has 0 N–H and O–H groups in total. The van der Waals surface area contributed by atoms with Crippen LogP contribution in [0.5, 0.6) is 0 Å². The number of aromatic nitrogens is 6. The van der Waals surface area contributed by atoms with E-state index in [0.717, 1.165) is 43.6 Å². The van der Waals surface area contributed by atoms with E-state index in [1.807, 2.05) is 24.5 Å².